The number of rotatable bonds is 5. The van der Waals surface area contributed by atoms with Crippen LogP contribution in [0.1, 0.15) is 24.2 Å². The van der Waals surface area contributed by atoms with Crippen LogP contribution >= 0.6 is 11.6 Å². The highest BCUT2D eigenvalue weighted by Gasteiger charge is 2.33. The summed E-state index contributed by atoms with van der Waals surface area (Å²) in [6.45, 7) is 0. The first-order valence-corrected chi connectivity index (χ1v) is 8.17. The van der Waals surface area contributed by atoms with Crippen molar-refractivity contribution in [1.82, 2.24) is 14.6 Å². The number of benzene rings is 1. The summed E-state index contributed by atoms with van der Waals surface area (Å²) in [6, 6.07) is 8.80. The van der Waals surface area contributed by atoms with Gasteiger partial charge in [0.15, 0.2) is 5.65 Å². The van der Waals surface area contributed by atoms with E-state index in [-0.39, 0.29) is 18.0 Å². The molecule has 1 N–H and O–H groups in total. The van der Waals surface area contributed by atoms with Crippen LogP contribution in [-0.4, -0.2) is 20.5 Å². The summed E-state index contributed by atoms with van der Waals surface area (Å²) in [6.07, 6.45) is -1.59. The number of nitrogens with zero attached hydrogens (tertiary/aromatic N) is 3. The molecule has 0 aliphatic carbocycles. The quantitative estimate of drug-likeness (QED) is 0.713. The first-order valence-electron chi connectivity index (χ1n) is 7.80. The van der Waals surface area contributed by atoms with Gasteiger partial charge in [-0.3, -0.25) is 9.20 Å². The highest BCUT2D eigenvalue weighted by Crippen LogP contribution is 2.36. The van der Waals surface area contributed by atoms with Crippen LogP contribution in [0, 0.1) is 0 Å². The fourth-order valence-corrected chi connectivity index (χ4v) is 2.74. The van der Waals surface area contributed by atoms with E-state index in [1.165, 1.54) is 6.07 Å². The molecule has 1 aromatic carbocycles. The lowest BCUT2D eigenvalue weighted by Gasteiger charge is -2.11. The van der Waals surface area contributed by atoms with Gasteiger partial charge in [0.1, 0.15) is 5.82 Å². The monoisotopic (exact) mass is 382 g/mol. The zero-order valence-electron chi connectivity index (χ0n) is 13.4. The Kier molecular flexibility index (Phi) is 5.13. The third kappa shape index (κ3) is 4.13. The zero-order chi connectivity index (χ0) is 18.7. The smallest absolute Gasteiger partial charge is 0.326 e. The van der Waals surface area contributed by atoms with Crippen molar-refractivity contribution in [3.05, 3.63) is 59.0 Å². The van der Waals surface area contributed by atoms with Gasteiger partial charge >= 0.3 is 6.18 Å². The average molecular weight is 383 g/mol. The number of amides is 1. The topological polar surface area (TPSA) is 59.3 Å². The number of hydrogen-bond acceptors (Lipinski definition) is 3. The van der Waals surface area contributed by atoms with E-state index in [1.54, 1.807) is 0 Å². The van der Waals surface area contributed by atoms with Gasteiger partial charge in [-0.15, -0.1) is 10.2 Å². The molecule has 0 fully saturated rings. The van der Waals surface area contributed by atoms with Crippen molar-refractivity contribution in [1.29, 1.82) is 0 Å². The minimum atomic E-state index is -4.58. The fourth-order valence-electron chi connectivity index (χ4n) is 2.51. The number of carbonyl (C=O) groups is 1. The molecule has 2 aromatic heterocycles. The van der Waals surface area contributed by atoms with E-state index in [4.69, 9.17) is 11.6 Å². The van der Waals surface area contributed by atoms with Crippen molar-refractivity contribution in [2.45, 2.75) is 25.4 Å². The summed E-state index contributed by atoms with van der Waals surface area (Å²) in [5, 5.41) is 10.1. The molecule has 9 heteroatoms. The molecule has 0 atom stereocenters. The predicted octanol–water partition coefficient (Wildman–Crippen LogP) is 4.36. The van der Waals surface area contributed by atoms with Crippen molar-refractivity contribution in [2.24, 2.45) is 0 Å². The number of fused-ring (bicyclic) bond motifs is 1. The normalized spacial score (nSPS) is 11.7. The van der Waals surface area contributed by atoms with E-state index >= 15 is 0 Å². The molecule has 3 rings (SSSR count). The van der Waals surface area contributed by atoms with Crippen LogP contribution in [0.5, 0.6) is 0 Å². The molecule has 0 spiro atoms. The number of halogens is 4. The van der Waals surface area contributed by atoms with Crippen LogP contribution in [0.2, 0.25) is 5.02 Å². The molecule has 0 aliphatic rings. The van der Waals surface area contributed by atoms with Gasteiger partial charge in [-0.2, -0.15) is 13.2 Å². The molecule has 0 aliphatic heterocycles. The van der Waals surface area contributed by atoms with E-state index in [9.17, 15) is 18.0 Å². The summed E-state index contributed by atoms with van der Waals surface area (Å²) in [7, 11) is 0. The Hall–Kier alpha value is -2.61. The molecular weight excluding hydrogens is 369 g/mol. The van der Waals surface area contributed by atoms with Crippen LogP contribution < -0.4 is 5.32 Å². The SMILES string of the molecule is O=C(CCCc1nnc2ccccn12)Nc1ccc(Cl)c(C(F)(F)F)c1. The molecule has 136 valence electrons. The molecule has 0 saturated heterocycles. The first-order chi connectivity index (χ1) is 12.3. The summed E-state index contributed by atoms with van der Waals surface area (Å²) in [4.78, 5) is 12.0. The van der Waals surface area contributed by atoms with Gasteiger partial charge in [0, 0.05) is 24.7 Å². The molecule has 3 aromatic rings. The molecule has 0 bridgehead atoms. The number of alkyl halides is 3. The lowest BCUT2D eigenvalue weighted by molar-refractivity contribution is -0.137. The van der Waals surface area contributed by atoms with Crippen LogP contribution in [-0.2, 0) is 17.4 Å². The van der Waals surface area contributed by atoms with Crippen LogP contribution in [0.15, 0.2) is 42.6 Å². The number of nitrogens with one attached hydrogen (secondary N) is 1. The molecule has 0 saturated carbocycles. The lowest BCUT2D eigenvalue weighted by atomic mass is 10.1. The van der Waals surface area contributed by atoms with Gasteiger partial charge < -0.3 is 5.32 Å². The third-order valence-corrected chi connectivity index (χ3v) is 4.07. The second-order valence-corrected chi connectivity index (χ2v) is 6.05. The van der Waals surface area contributed by atoms with Gasteiger partial charge in [-0.1, -0.05) is 17.7 Å². The maximum atomic E-state index is 12.8. The van der Waals surface area contributed by atoms with Gasteiger partial charge in [-0.05, 0) is 36.8 Å². The highest BCUT2D eigenvalue weighted by atomic mass is 35.5. The fraction of sp³-hybridized carbons (Fsp3) is 0.235. The lowest BCUT2D eigenvalue weighted by Crippen LogP contribution is -2.13. The van der Waals surface area contributed by atoms with E-state index in [0.29, 0.717) is 18.5 Å². The Morgan fingerprint density at radius 1 is 1.19 bits per heavy atom. The van der Waals surface area contributed by atoms with Gasteiger partial charge in [-0.25, -0.2) is 0 Å². The van der Waals surface area contributed by atoms with E-state index in [0.717, 1.165) is 18.0 Å². The second-order valence-electron chi connectivity index (χ2n) is 5.64. The molecule has 5 nitrogen and oxygen atoms in total. The largest absolute Gasteiger partial charge is 0.417 e. The number of aromatic nitrogens is 3. The maximum absolute atomic E-state index is 12.8. The third-order valence-electron chi connectivity index (χ3n) is 3.74. The maximum Gasteiger partial charge on any atom is 0.417 e. The Balaban J connectivity index is 1.58. The highest BCUT2D eigenvalue weighted by molar-refractivity contribution is 6.31. The van der Waals surface area contributed by atoms with Gasteiger partial charge in [0.2, 0.25) is 5.91 Å². The minimum absolute atomic E-state index is 0.0552. The summed E-state index contributed by atoms with van der Waals surface area (Å²) in [5.74, 6) is 0.341. The molecule has 26 heavy (non-hydrogen) atoms. The van der Waals surface area contributed by atoms with Crippen molar-refractivity contribution < 1.29 is 18.0 Å². The van der Waals surface area contributed by atoms with Gasteiger partial charge in [0.25, 0.3) is 0 Å². The first kappa shape index (κ1) is 18.2. The van der Waals surface area contributed by atoms with Crippen molar-refractivity contribution >= 4 is 28.8 Å². The van der Waals surface area contributed by atoms with E-state index < -0.39 is 16.8 Å². The number of anilines is 1. The number of aryl methyl sites for hydroxylation is 1. The minimum Gasteiger partial charge on any atom is -0.326 e. The molecular formula is C17H14ClF3N4O. The van der Waals surface area contributed by atoms with E-state index in [2.05, 4.69) is 15.5 Å². The molecule has 0 unspecified atom stereocenters. The Morgan fingerprint density at radius 2 is 2.00 bits per heavy atom. The Morgan fingerprint density at radius 3 is 2.77 bits per heavy atom. The Bertz CT molecular complexity index is 939. The standard InChI is InChI=1S/C17H14ClF3N4O/c18-13-8-7-11(10-12(13)17(19,20)21)22-16(26)6-3-5-15-24-23-14-4-1-2-9-25(14)15/h1-2,4,7-10H,3,5-6H2,(H,22,26). The number of pyridine rings is 1. The number of carbonyl (C=O) groups excluding carboxylic acids is 1. The van der Waals surface area contributed by atoms with Crippen LogP contribution in [0.3, 0.4) is 0 Å². The summed E-state index contributed by atoms with van der Waals surface area (Å²) in [5.41, 5.74) is -0.209. The van der Waals surface area contributed by atoms with Crippen LogP contribution in [0.4, 0.5) is 18.9 Å². The van der Waals surface area contributed by atoms with Gasteiger partial charge in [0.05, 0.1) is 10.6 Å². The summed E-state index contributed by atoms with van der Waals surface area (Å²) < 4.78 is 40.3. The predicted molar refractivity (Wildman–Crippen MR) is 91.0 cm³/mol. The Labute approximate surface area is 151 Å². The zero-order valence-corrected chi connectivity index (χ0v) is 14.2. The van der Waals surface area contributed by atoms with E-state index in [1.807, 2.05) is 28.8 Å². The summed E-state index contributed by atoms with van der Waals surface area (Å²) >= 11 is 5.56. The molecule has 1 amide bonds. The molecule has 2 heterocycles. The number of hydrogen-bond donors (Lipinski definition) is 1. The van der Waals surface area contributed by atoms with Crippen LogP contribution in [0.25, 0.3) is 5.65 Å². The van der Waals surface area contributed by atoms with Crippen molar-refractivity contribution in [2.75, 3.05) is 5.32 Å². The van der Waals surface area contributed by atoms with Crippen molar-refractivity contribution in [3.8, 4) is 0 Å². The van der Waals surface area contributed by atoms with Crippen molar-refractivity contribution in [3.63, 3.8) is 0 Å². The average Bonchev–Trinajstić information content (AvgIpc) is 2.99. The molecule has 0 radical (unpaired) electrons. The second kappa shape index (κ2) is 7.33.